The summed E-state index contributed by atoms with van der Waals surface area (Å²) >= 11 is 0. The van der Waals surface area contributed by atoms with Gasteiger partial charge in [0.25, 0.3) is 0 Å². The van der Waals surface area contributed by atoms with Gasteiger partial charge in [0, 0.05) is 31.5 Å². The van der Waals surface area contributed by atoms with Crippen LogP contribution < -0.4 is 10.6 Å². The summed E-state index contributed by atoms with van der Waals surface area (Å²) in [5.41, 5.74) is 0. The lowest BCUT2D eigenvalue weighted by atomic mass is 10.0. The molecule has 21 heavy (non-hydrogen) atoms. The highest BCUT2D eigenvalue weighted by atomic mass is 16.2. The smallest absolute Gasteiger partial charge is 0.220 e. The van der Waals surface area contributed by atoms with Gasteiger partial charge in [-0.2, -0.15) is 0 Å². The van der Waals surface area contributed by atoms with Crippen LogP contribution in [0, 0.1) is 5.92 Å². The third kappa shape index (κ3) is 12.4. The SMILES string of the molecule is CC(C)CC(CN(C)C)NC(=O)CCCC(=O)NC(C)C. The van der Waals surface area contributed by atoms with E-state index in [1.807, 2.05) is 27.9 Å². The molecule has 0 aromatic heterocycles. The fraction of sp³-hybridized carbons (Fsp3) is 0.875. The van der Waals surface area contributed by atoms with E-state index in [-0.39, 0.29) is 23.9 Å². The van der Waals surface area contributed by atoms with E-state index in [9.17, 15) is 9.59 Å². The van der Waals surface area contributed by atoms with Crippen molar-refractivity contribution in [1.29, 1.82) is 0 Å². The highest BCUT2D eigenvalue weighted by Gasteiger charge is 2.15. The topological polar surface area (TPSA) is 61.4 Å². The number of hydrogen-bond acceptors (Lipinski definition) is 3. The van der Waals surface area contributed by atoms with Crippen molar-refractivity contribution in [3.63, 3.8) is 0 Å². The highest BCUT2D eigenvalue weighted by Crippen LogP contribution is 2.06. The largest absolute Gasteiger partial charge is 0.354 e. The number of carbonyl (C=O) groups is 2. The van der Waals surface area contributed by atoms with Crippen LogP contribution in [0.1, 0.15) is 53.4 Å². The Kier molecular flexibility index (Phi) is 10.0. The molecule has 0 saturated carbocycles. The first-order chi connectivity index (χ1) is 9.70. The van der Waals surface area contributed by atoms with Crippen molar-refractivity contribution in [3.8, 4) is 0 Å². The molecule has 1 atom stereocenters. The van der Waals surface area contributed by atoms with Crippen molar-refractivity contribution >= 4 is 11.8 Å². The zero-order chi connectivity index (χ0) is 16.4. The summed E-state index contributed by atoms with van der Waals surface area (Å²) in [7, 11) is 4.02. The zero-order valence-electron chi connectivity index (χ0n) is 14.5. The zero-order valence-corrected chi connectivity index (χ0v) is 14.5. The summed E-state index contributed by atoms with van der Waals surface area (Å²) in [6.45, 7) is 9.03. The Bertz CT molecular complexity index is 305. The second-order valence-corrected chi connectivity index (χ2v) is 6.73. The predicted molar refractivity (Wildman–Crippen MR) is 87.1 cm³/mol. The van der Waals surface area contributed by atoms with Crippen LogP contribution >= 0.6 is 0 Å². The van der Waals surface area contributed by atoms with Crippen molar-refractivity contribution in [2.75, 3.05) is 20.6 Å². The van der Waals surface area contributed by atoms with Crippen LogP contribution in [0.2, 0.25) is 0 Å². The van der Waals surface area contributed by atoms with Crippen LogP contribution in [0.5, 0.6) is 0 Å². The lowest BCUT2D eigenvalue weighted by Crippen LogP contribution is -2.42. The predicted octanol–water partition coefficient (Wildman–Crippen LogP) is 1.77. The maximum Gasteiger partial charge on any atom is 0.220 e. The molecule has 124 valence electrons. The van der Waals surface area contributed by atoms with Gasteiger partial charge >= 0.3 is 0 Å². The standard InChI is InChI=1S/C16H33N3O2/c1-12(2)10-14(11-19(5)6)18-16(21)9-7-8-15(20)17-13(3)4/h12-14H,7-11H2,1-6H3,(H,17,20)(H,18,21). The lowest BCUT2D eigenvalue weighted by Gasteiger charge is -2.24. The number of hydrogen-bond donors (Lipinski definition) is 2. The van der Waals surface area contributed by atoms with E-state index in [1.165, 1.54) is 0 Å². The molecule has 0 saturated heterocycles. The Labute approximate surface area is 129 Å². The van der Waals surface area contributed by atoms with Gasteiger partial charge in [-0.3, -0.25) is 9.59 Å². The summed E-state index contributed by atoms with van der Waals surface area (Å²) in [5, 5.41) is 5.91. The minimum absolute atomic E-state index is 0.0184. The van der Waals surface area contributed by atoms with E-state index in [4.69, 9.17) is 0 Å². The quantitative estimate of drug-likeness (QED) is 0.646. The molecule has 0 aliphatic carbocycles. The Morgan fingerprint density at radius 2 is 1.48 bits per heavy atom. The number of rotatable bonds is 10. The Morgan fingerprint density at radius 1 is 0.952 bits per heavy atom. The first-order valence-corrected chi connectivity index (χ1v) is 7.94. The van der Waals surface area contributed by atoms with Crippen LogP contribution in [0.15, 0.2) is 0 Å². The van der Waals surface area contributed by atoms with E-state index in [0.29, 0.717) is 25.2 Å². The summed E-state index contributed by atoms with van der Waals surface area (Å²) < 4.78 is 0. The number of amides is 2. The molecule has 2 N–H and O–H groups in total. The van der Waals surface area contributed by atoms with Crippen LogP contribution in [0.4, 0.5) is 0 Å². The molecule has 5 nitrogen and oxygen atoms in total. The highest BCUT2D eigenvalue weighted by molar-refractivity contribution is 5.79. The third-order valence-corrected chi connectivity index (χ3v) is 2.96. The molecule has 5 heteroatoms. The molecular weight excluding hydrogens is 266 g/mol. The van der Waals surface area contributed by atoms with Crippen molar-refractivity contribution in [1.82, 2.24) is 15.5 Å². The van der Waals surface area contributed by atoms with Crippen molar-refractivity contribution < 1.29 is 9.59 Å². The van der Waals surface area contributed by atoms with Crippen molar-refractivity contribution in [2.24, 2.45) is 5.92 Å². The minimum atomic E-state index is 0.0184. The second-order valence-electron chi connectivity index (χ2n) is 6.73. The van der Waals surface area contributed by atoms with Gasteiger partial charge in [-0.05, 0) is 46.7 Å². The average molecular weight is 299 g/mol. The molecule has 0 radical (unpaired) electrons. The van der Waals surface area contributed by atoms with E-state index < -0.39 is 0 Å². The minimum Gasteiger partial charge on any atom is -0.354 e. The number of nitrogens with zero attached hydrogens (tertiary/aromatic N) is 1. The molecule has 2 amide bonds. The molecule has 0 bridgehead atoms. The van der Waals surface area contributed by atoms with Crippen LogP contribution in [0.25, 0.3) is 0 Å². The monoisotopic (exact) mass is 299 g/mol. The molecule has 0 aliphatic rings. The first-order valence-electron chi connectivity index (χ1n) is 7.94. The third-order valence-electron chi connectivity index (χ3n) is 2.96. The van der Waals surface area contributed by atoms with Crippen LogP contribution in [-0.2, 0) is 9.59 Å². The normalized spacial score (nSPS) is 12.8. The van der Waals surface area contributed by atoms with Gasteiger partial charge in [0.15, 0.2) is 0 Å². The summed E-state index contributed by atoms with van der Waals surface area (Å²) in [6, 6.07) is 0.332. The fourth-order valence-electron chi connectivity index (χ4n) is 2.29. The molecule has 1 unspecified atom stereocenters. The average Bonchev–Trinajstić information content (AvgIpc) is 2.25. The number of carbonyl (C=O) groups excluding carboxylic acids is 2. The van der Waals surface area contributed by atoms with E-state index in [0.717, 1.165) is 13.0 Å². The number of nitrogens with one attached hydrogen (secondary N) is 2. The van der Waals surface area contributed by atoms with Crippen LogP contribution in [0.3, 0.4) is 0 Å². The van der Waals surface area contributed by atoms with E-state index >= 15 is 0 Å². The lowest BCUT2D eigenvalue weighted by molar-refractivity contribution is -0.123. The number of likely N-dealkylation sites (N-methyl/N-ethyl adjacent to an activating group) is 1. The molecule has 0 rings (SSSR count). The maximum absolute atomic E-state index is 12.0. The van der Waals surface area contributed by atoms with Gasteiger partial charge < -0.3 is 15.5 Å². The Balaban J connectivity index is 4.05. The Morgan fingerprint density at radius 3 is 1.90 bits per heavy atom. The van der Waals surface area contributed by atoms with Gasteiger partial charge in [-0.25, -0.2) is 0 Å². The fourth-order valence-corrected chi connectivity index (χ4v) is 2.29. The van der Waals surface area contributed by atoms with Gasteiger partial charge in [-0.15, -0.1) is 0 Å². The van der Waals surface area contributed by atoms with Crippen molar-refractivity contribution in [3.05, 3.63) is 0 Å². The van der Waals surface area contributed by atoms with Gasteiger partial charge in [-0.1, -0.05) is 13.8 Å². The molecular formula is C16H33N3O2. The van der Waals surface area contributed by atoms with E-state index in [1.54, 1.807) is 0 Å². The first kappa shape index (κ1) is 19.9. The van der Waals surface area contributed by atoms with Gasteiger partial charge in [0.05, 0.1) is 0 Å². The van der Waals surface area contributed by atoms with Gasteiger partial charge in [0.2, 0.25) is 11.8 Å². The molecule has 0 fully saturated rings. The van der Waals surface area contributed by atoms with Crippen molar-refractivity contribution in [2.45, 2.75) is 65.5 Å². The summed E-state index contributed by atoms with van der Waals surface area (Å²) in [6.07, 6.45) is 2.39. The maximum atomic E-state index is 12.0. The molecule has 0 spiro atoms. The molecule has 0 heterocycles. The summed E-state index contributed by atoms with van der Waals surface area (Å²) in [4.78, 5) is 25.5. The second kappa shape index (κ2) is 10.6. The molecule has 0 aromatic rings. The summed E-state index contributed by atoms with van der Waals surface area (Å²) in [5.74, 6) is 0.608. The Hall–Kier alpha value is -1.10. The van der Waals surface area contributed by atoms with Gasteiger partial charge in [0.1, 0.15) is 0 Å². The van der Waals surface area contributed by atoms with Crippen LogP contribution in [-0.4, -0.2) is 49.4 Å². The van der Waals surface area contributed by atoms with E-state index in [2.05, 4.69) is 29.4 Å². The molecule has 0 aliphatic heterocycles. The molecule has 0 aromatic carbocycles.